The monoisotopic (exact) mass is 446 g/mol. The highest BCUT2D eigenvalue weighted by Crippen LogP contribution is 2.56. The fraction of sp³-hybridized carbons (Fsp3) is 0.121. The van der Waals surface area contributed by atoms with Crippen molar-refractivity contribution in [3.63, 3.8) is 0 Å². The third-order valence-corrected chi connectivity index (χ3v) is 8.55. The van der Waals surface area contributed by atoms with Gasteiger partial charge in [-0.15, -0.1) is 0 Å². The molecule has 0 radical (unpaired) electrons. The molecule has 164 valence electrons. The summed E-state index contributed by atoms with van der Waals surface area (Å²) in [5.41, 5.74) is 21.4. The molecule has 0 amide bonds. The van der Waals surface area contributed by atoms with E-state index < -0.39 is 0 Å². The molecule has 2 aliphatic heterocycles. The van der Waals surface area contributed by atoms with Gasteiger partial charge in [0, 0.05) is 30.9 Å². The van der Waals surface area contributed by atoms with Crippen molar-refractivity contribution in [3.8, 4) is 22.3 Å². The molecule has 2 nitrogen and oxygen atoms in total. The predicted molar refractivity (Wildman–Crippen MR) is 141 cm³/mol. The number of hydrogen-bond acceptors (Lipinski definition) is 2. The van der Waals surface area contributed by atoms with E-state index in [1.54, 1.807) is 0 Å². The minimum atomic E-state index is 0.945. The first-order chi connectivity index (χ1) is 17.3. The van der Waals surface area contributed by atoms with Gasteiger partial charge in [0.1, 0.15) is 0 Å². The third kappa shape index (κ3) is 2.27. The number of aromatic nitrogens is 1. The first-order valence-corrected chi connectivity index (χ1v) is 12.6. The van der Waals surface area contributed by atoms with Crippen molar-refractivity contribution >= 4 is 17.1 Å². The summed E-state index contributed by atoms with van der Waals surface area (Å²) in [6, 6.07) is 27.5. The van der Waals surface area contributed by atoms with Crippen molar-refractivity contribution in [2.45, 2.75) is 25.7 Å². The fourth-order valence-corrected chi connectivity index (χ4v) is 7.16. The molecule has 0 bridgehead atoms. The molecule has 0 saturated carbocycles. The standard InChI is InChI=1S/C33H22N2/c1-3-7-26-19(5-1)11-21-13-22-14-23-15-24-12-20-6-2-4-8-30(20)35-31-9-10-34-18-25(31)16-29(33(24)35)32(23)28(22)17-27(21)26/h1-10,13,15,17-18H,11-12,14,16H2. The van der Waals surface area contributed by atoms with Gasteiger partial charge in [-0.25, -0.2) is 0 Å². The highest BCUT2D eigenvalue weighted by molar-refractivity contribution is 5.96. The van der Waals surface area contributed by atoms with Crippen molar-refractivity contribution in [1.82, 2.24) is 4.98 Å². The molecule has 0 unspecified atom stereocenters. The lowest BCUT2D eigenvalue weighted by Crippen LogP contribution is -2.25. The zero-order chi connectivity index (χ0) is 22.7. The van der Waals surface area contributed by atoms with Crippen molar-refractivity contribution < 1.29 is 0 Å². The Balaban J connectivity index is 1.33. The third-order valence-electron chi connectivity index (χ3n) is 8.55. The largest absolute Gasteiger partial charge is 0.309 e. The Morgan fingerprint density at radius 3 is 2.26 bits per heavy atom. The van der Waals surface area contributed by atoms with E-state index in [-0.39, 0.29) is 0 Å². The average molecular weight is 447 g/mol. The van der Waals surface area contributed by atoms with E-state index in [0.717, 1.165) is 25.7 Å². The van der Waals surface area contributed by atoms with Crippen molar-refractivity contribution in [1.29, 1.82) is 0 Å². The number of hydrogen-bond donors (Lipinski definition) is 0. The molecule has 0 atom stereocenters. The maximum atomic E-state index is 4.52. The Kier molecular flexibility index (Phi) is 3.27. The van der Waals surface area contributed by atoms with Gasteiger partial charge in [-0.2, -0.15) is 0 Å². The van der Waals surface area contributed by atoms with Crippen LogP contribution in [0.25, 0.3) is 22.3 Å². The quantitative estimate of drug-likeness (QED) is 0.240. The summed E-state index contributed by atoms with van der Waals surface area (Å²) in [5, 5.41) is 0. The zero-order valence-corrected chi connectivity index (χ0v) is 19.3. The van der Waals surface area contributed by atoms with E-state index in [1.165, 1.54) is 83.8 Å². The maximum Gasteiger partial charge on any atom is 0.0539 e. The first-order valence-electron chi connectivity index (χ1n) is 12.6. The molecule has 0 spiro atoms. The lowest BCUT2D eigenvalue weighted by Gasteiger charge is -2.40. The zero-order valence-electron chi connectivity index (χ0n) is 19.3. The number of fused-ring (bicyclic) bond motifs is 11. The highest BCUT2D eigenvalue weighted by atomic mass is 15.2. The van der Waals surface area contributed by atoms with Crippen LogP contribution in [0.15, 0.2) is 85.2 Å². The van der Waals surface area contributed by atoms with Crippen LogP contribution in [0.1, 0.15) is 44.5 Å². The molecule has 2 aliphatic carbocycles. The SMILES string of the molecule is c1ccc2c(c1)Cc1cc3c(cc1-2)-c1c(cc2c4c1Cc1cnccc1N4c1ccccc1C2)C3. The van der Waals surface area contributed by atoms with Crippen LogP contribution in [0.2, 0.25) is 0 Å². The summed E-state index contributed by atoms with van der Waals surface area (Å²) in [7, 11) is 0. The Morgan fingerprint density at radius 1 is 0.543 bits per heavy atom. The average Bonchev–Trinajstić information content (AvgIpc) is 3.44. The first kappa shape index (κ1) is 18.2. The van der Waals surface area contributed by atoms with E-state index in [2.05, 4.69) is 88.9 Å². The van der Waals surface area contributed by atoms with E-state index in [9.17, 15) is 0 Å². The van der Waals surface area contributed by atoms with Crippen LogP contribution in [-0.4, -0.2) is 4.98 Å². The molecule has 9 rings (SSSR count). The van der Waals surface area contributed by atoms with E-state index in [4.69, 9.17) is 0 Å². The number of rotatable bonds is 0. The molecular formula is C33H22N2. The van der Waals surface area contributed by atoms with Gasteiger partial charge in [0.25, 0.3) is 0 Å². The summed E-state index contributed by atoms with van der Waals surface area (Å²) in [6.07, 6.45) is 8.05. The van der Waals surface area contributed by atoms with Crippen LogP contribution >= 0.6 is 0 Å². The van der Waals surface area contributed by atoms with Gasteiger partial charge in [0.2, 0.25) is 0 Å². The number of anilines is 3. The molecule has 3 heterocycles. The highest BCUT2D eigenvalue weighted by Gasteiger charge is 2.36. The number of nitrogens with zero attached hydrogens (tertiary/aromatic N) is 2. The van der Waals surface area contributed by atoms with Gasteiger partial charge < -0.3 is 4.90 Å². The van der Waals surface area contributed by atoms with Crippen LogP contribution in [0.4, 0.5) is 17.1 Å². The molecule has 2 heteroatoms. The fourth-order valence-electron chi connectivity index (χ4n) is 7.16. The molecule has 0 saturated heterocycles. The molecule has 4 aliphatic rings. The van der Waals surface area contributed by atoms with Crippen LogP contribution in [0.3, 0.4) is 0 Å². The summed E-state index contributed by atoms with van der Waals surface area (Å²) < 4.78 is 0. The second-order valence-electron chi connectivity index (χ2n) is 10.4. The van der Waals surface area contributed by atoms with Gasteiger partial charge in [0.05, 0.1) is 11.4 Å². The molecule has 4 aromatic carbocycles. The smallest absolute Gasteiger partial charge is 0.0539 e. The van der Waals surface area contributed by atoms with Crippen molar-refractivity contribution in [2.24, 2.45) is 0 Å². The molecular weight excluding hydrogens is 424 g/mol. The van der Waals surface area contributed by atoms with Crippen molar-refractivity contribution in [3.05, 3.63) is 130 Å². The van der Waals surface area contributed by atoms with Gasteiger partial charge in [-0.05, 0) is 97.8 Å². The van der Waals surface area contributed by atoms with Crippen LogP contribution in [0, 0.1) is 0 Å². The van der Waals surface area contributed by atoms with E-state index >= 15 is 0 Å². The van der Waals surface area contributed by atoms with Gasteiger partial charge in [0.15, 0.2) is 0 Å². The molecule has 35 heavy (non-hydrogen) atoms. The Bertz CT molecular complexity index is 1750. The van der Waals surface area contributed by atoms with E-state index in [1.807, 2.05) is 6.20 Å². The van der Waals surface area contributed by atoms with Gasteiger partial charge >= 0.3 is 0 Å². The van der Waals surface area contributed by atoms with Crippen LogP contribution < -0.4 is 4.90 Å². The second-order valence-corrected chi connectivity index (χ2v) is 10.4. The minimum Gasteiger partial charge on any atom is -0.309 e. The topological polar surface area (TPSA) is 16.1 Å². The van der Waals surface area contributed by atoms with Gasteiger partial charge in [-0.3, -0.25) is 4.98 Å². The molecule has 0 N–H and O–H groups in total. The number of benzene rings is 4. The van der Waals surface area contributed by atoms with Crippen LogP contribution in [-0.2, 0) is 25.7 Å². The summed E-state index contributed by atoms with van der Waals surface area (Å²) in [6.45, 7) is 0. The lowest BCUT2D eigenvalue weighted by molar-refractivity contribution is 0.997. The Labute approximate surface area is 204 Å². The summed E-state index contributed by atoms with van der Waals surface area (Å²) in [5.74, 6) is 0. The summed E-state index contributed by atoms with van der Waals surface area (Å²) in [4.78, 5) is 7.04. The van der Waals surface area contributed by atoms with E-state index in [0.29, 0.717) is 0 Å². The van der Waals surface area contributed by atoms with Crippen molar-refractivity contribution in [2.75, 3.05) is 4.90 Å². The number of pyridine rings is 1. The molecule has 0 fully saturated rings. The Hall–Kier alpha value is -4.17. The number of para-hydroxylation sites is 1. The normalized spacial score (nSPS) is 14.9. The lowest BCUT2D eigenvalue weighted by atomic mass is 9.82. The van der Waals surface area contributed by atoms with Crippen LogP contribution in [0.5, 0.6) is 0 Å². The Morgan fingerprint density at radius 2 is 1.29 bits per heavy atom. The second kappa shape index (κ2) is 6.28. The predicted octanol–water partition coefficient (Wildman–Crippen LogP) is 7.50. The molecule has 5 aromatic rings. The minimum absolute atomic E-state index is 0.945. The molecule has 1 aromatic heterocycles. The maximum absolute atomic E-state index is 4.52. The van der Waals surface area contributed by atoms with Gasteiger partial charge in [-0.1, -0.05) is 54.6 Å². The summed E-state index contributed by atoms with van der Waals surface area (Å²) >= 11 is 0.